The minimum Gasteiger partial charge on any atom is -0.384 e. The summed E-state index contributed by atoms with van der Waals surface area (Å²) < 4.78 is 13.5. The number of halogens is 1. The summed E-state index contributed by atoms with van der Waals surface area (Å²) in [6.45, 7) is 1.83. The molecule has 2 aromatic carbocycles. The number of hydrogen-bond acceptors (Lipinski definition) is 2. The van der Waals surface area contributed by atoms with E-state index >= 15 is 0 Å². The monoisotopic (exact) mass is 286 g/mol. The summed E-state index contributed by atoms with van der Waals surface area (Å²) in [5.41, 5.74) is 2.71. The zero-order valence-corrected chi connectivity index (χ0v) is 12.0. The van der Waals surface area contributed by atoms with Crippen molar-refractivity contribution in [3.8, 4) is 11.8 Å². The fourth-order valence-electron chi connectivity index (χ4n) is 1.75. The third kappa shape index (κ3) is 4.41. The van der Waals surface area contributed by atoms with Crippen LogP contribution in [0.3, 0.4) is 0 Å². The molecule has 0 unspecified atom stereocenters. The first kappa shape index (κ1) is 14.6. The van der Waals surface area contributed by atoms with Crippen molar-refractivity contribution < 1.29 is 9.50 Å². The molecule has 1 N–H and O–H groups in total. The van der Waals surface area contributed by atoms with E-state index in [4.69, 9.17) is 5.11 Å². The van der Waals surface area contributed by atoms with Crippen LogP contribution in [0, 0.1) is 24.6 Å². The summed E-state index contributed by atoms with van der Waals surface area (Å²) in [5, 5.41) is 8.67. The summed E-state index contributed by atoms with van der Waals surface area (Å²) in [6, 6.07) is 13.0. The third-order valence-corrected chi connectivity index (χ3v) is 3.78. The van der Waals surface area contributed by atoms with Crippen molar-refractivity contribution in [3.05, 3.63) is 65.0 Å². The number of thioether (sulfide) groups is 1. The molecule has 0 heterocycles. The van der Waals surface area contributed by atoms with Gasteiger partial charge in [-0.2, -0.15) is 0 Å². The van der Waals surface area contributed by atoms with Gasteiger partial charge in [-0.25, -0.2) is 4.39 Å². The van der Waals surface area contributed by atoms with Crippen molar-refractivity contribution in [2.75, 3.05) is 6.61 Å². The Morgan fingerprint density at radius 3 is 2.60 bits per heavy atom. The maximum atomic E-state index is 13.5. The van der Waals surface area contributed by atoms with Crippen molar-refractivity contribution in [1.82, 2.24) is 0 Å². The predicted octanol–water partition coefficient (Wildman–Crippen LogP) is 3.77. The van der Waals surface area contributed by atoms with Gasteiger partial charge in [0.1, 0.15) is 12.4 Å². The molecule has 0 saturated heterocycles. The largest absolute Gasteiger partial charge is 0.384 e. The van der Waals surface area contributed by atoms with E-state index in [2.05, 4.69) is 36.1 Å². The summed E-state index contributed by atoms with van der Waals surface area (Å²) >= 11 is 1.66. The van der Waals surface area contributed by atoms with Gasteiger partial charge in [-0.15, -0.1) is 11.8 Å². The molecule has 0 aliphatic heterocycles. The van der Waals surface area contributed by atoms with Crippen LogP contribution in [-0.2, 0) is 5.75 Å². The normalized spacial score (nSPS) is 9.95. The zero-order chi connectivity index (χ0) is 14.4. The number of rotatable bonds is 3. The summed E-state index contributed by atoms with van der Waals surface area (Å²) in [7, 11) is 0. The molecule has 0 amide bonds. The molecule has 1 nitrogen and oxygen atoms in total. The molecule has 0 radical (unpaired) electrons. The molecule has 0 aliphatic carbocycles. The number of aliphatic hydroxyl groups is 1. The SMILES string of the molecule is Cc1ccc(SCc2cc(F)cc(C#CCO)c2)cc1. The lowest BCUT2D eigenvalue weighted by Crippen LogP contribution is -1.87. The smallest absolute Gasteiger partial charge is 0.124 e. The topological polar surface area (TPSA) is 20.2 Å². The minimum atomic E-state index is -0.297. The molecule has 0 fully saturated rings. The Hall–Kier alpha value is -1.76. The van der Waals surface area contributed by atoms with Crippen LogP contribution in [-0.4, -0.2) is 11.7 Å². The summed E-state index contributed by atoms with van der Waals surface area (Å²) in [6.07, 6.45) is 0. The van der Waals surface area contributed by atoms with Crippen molar-refractivity contribution in [2.45, 2.75) is 17.6 Å². The minimum absolute atomic E-state index is 0.218. The number of benzene rings is 2. The Morgan fingerprint density at radius 2 is 1.90 bits per heavy atom. The first-order valence-corrected chi connectivity index (χ1v) is 7.24. The Morgan fingerprint density at radius 1 is 1.15 bits per heavy atom. The van der Waals surface area contributed by atoms with Crippen LogP contribution in [0.25, 0.3) is 0 Å². The first-order valence-electron chi connectivity index (χ1n) is 6.26. The van der Waals surface area contributed by atoms with Gasteiger partial charge in [0.05, 0.1) is 0 Å². The molecular formula is C17H15FOS. The predicted molar refractivity (Wildman–Crippen MR) is 81.1 cm³/mol. The van der Waals surface area contributed by atoms with E-state index in [1.54, 1.807) is 11.8 Å². The highest BCUT2D eigenvalue weighted by molar-refractivity contribution is 7.98. The Balaban J connectivity index is 2.09. The van der Waals surface area contributed by atoms with Crippen LogP contribution >= 0.6 is 11.8 Å². The number of aliphatic hydroxyl groups excluding tert-OH is 1. The molecule has 20 heavy (non-hydrogen) atoms. The first-order chi connectivity index (χ1) is 9.67. The van der Waals surface area contributed by atoms with E-state index in [1.165, 1.54) is 17.7 Å². The van der Waals surface area contributed by atoms with Crippen LogP contribution in [0.15, 0.2) is 47.4 Å². The fraction of sp³-hybridized carbons (Fsp3) is 0.176. The molecule has 0 aliphatic rings. The second-order valence-corrected chi connectivity index (χ2v) is 5.46. The standard InChI is InChI=1S/C17H15FOS/c1-13-4-6-17(7-5-13)20-12-15-9-14(3-2-8-19)10-16(18)11-15/h4-7,9-11,19H,8,12H2,1H3. The maximum absolute atomic E-state index is 13.5. The molecule has 102 valence electrons. The van der Waals surface area contributed by atoms with Gasteiger partial charge in [0.15, 0.2) is 0 Å². The van der Waals surface area contributed by atoms with Gasteiger partial charge >= 0.3 is 0 Å². The summed E-state index contributed by atoms with van der Waals surface area (Å²) in [4.78, 5) is 1.16. The van der Waals surface area contributed by atoms with Crippen LogP contribution in [0.2, 0.25) is 0 Å². The van der Waals surface area contributed by atoms with Crippen molar-refractivity contribution in [3.63, 3.8) is 0 Å². The van der Waals surface area contributed by atoms with Crippen molar-refractivity contribution in [2.24, 2.45) is 0 Å². The molecule has 0 bridgehead atoms. The molecule has 3 heteroatoms. The van der Waals surface area contributed by atoms with Gasteiger partial charge in [0.25, 0.3) is 0 Å². The molecule has 2 aromatic rings. The van der Waals surface area contributed by atoms with E-state index < -0.39 is 0 Å². The Kier molecular flexibility index (Phi) is 5.23. The molecule has 2 rings (SSSR count). The van der Waals surface area contributed by atoms with E-state index in [0.717, 1.165) is 10.5 Å². The van der Waals surface area contributed by atoms with Gasteiger partial charge in [0.2, 0.25) is 0 Å². The number of hydrogen-bond donors (Lipinski definition) is 1. The van der Waals surface area contributed by atoms with Gasteiger partial charge in [0, 0.05) is 16.2 Å². The Bertz CT molecular complexity index is 638. The molecular weight excluding hydrogens is 271 g/mol. The number of aryl methyl sites for hydroxylation is 1. The van der Waals surface area contributed by atoms with Crippen LogP contribution in [0.1, 0.15) is 16.7 Å². The maximum Gasteiger partial charge on any atom is 0.124 e. The average Bonchev–Trinajstić information content (AvgIpc) is 2.44. The van der Waals surface area contributed by atoms with Gasteiger partial charge in [-0.1, -0.05) is 29.5 Å². The highest BCUT2D eigenvalue weighted by atomic mass is 32.2. The van der Waals surface area contributed by atoms with Gasteiger partial charge in [-0.05, 0) is 42.8 Å². The molecule has 0 saturated carbocycles. The average molecular weight is 286 g/mol. The van der Waals surface area contributed by atoms with Gasteiger partial charge < -0.3 is 5.11 Å². The molecule has 0 spiro atoms. The lowest BCUT2D eigenvalue weighted by Gasteiger charge is -2.04. The highest BCUT2D eigenvalue weighted by Gasteiger charge is 2.01. The van der Waals surface area contributed by atoms with Crippen LogP contribution < -0.4 is 0 Å². The van der Waals surface area contributed by atoms with Crippen LogP contribution in [0.5, 0.6) is 0 Å². The second-order valence-electron chi connectivity index (χ2n) is 4.41. The lowest BCUT2D eigenvalue weighted by molar-refractivity contribution is 0.350. The van der Waals surface area contributed by atoms with E-state index in [9.17, 15) is 4.39 Å². The van der Waals surface area contributed by atoms with Crippen LogP contribution in [0.4, 0.5) is 4.39 Å². The zero-order valence-electron chi connectivity index (χ0n) is 11.2. The van der Waals surface area contributed by atoms with Gasteiger partial charge in [-0.3, -0.25) is 0 Å². The fourth-order valence-corrected chi connectivity index (χ4v) is 2.58. The van der Waals surface area contributed by atoms with Crippen molar-refractivity contribution in [1.29, 1.82) is 0 Å². The molecule has 0 aromatic heterocycles. The molecule has 0 atom stereocenters. The lowest BCUT2D eigenvalue weighted by atomic mass is 10.1. The highest BCUT2D eigenvalue weighted by Crippen LogP contribution is 2.24. The van der Waals surface area contributed by atoms with Crippen molar-refractivity contribution >= 4 is 11.8 Å². The van der Waals surface area contributed by atoms with E-state index in [0.29, 0.717) is 11.3 Å². The Labute approximate surface area is 122 Å². The van der Waals surface area contributed by atoms with E-state index in [-0.39, 0.29) is 12.4 Å². The second kappa shape index (κ2) is 7.14. The quantitative estimate of drug-likeness (QED) is 0.684. The third-order valence-electron chi connectivity index (χ3n) is 2.70. The summed E-state index contributed by atoms with van der Waals surface area (Å²) in [5.74, 6) is 5.66. The van der Waals surface area contributed by atoms with E-state index in [1.807, 2.05) is 13.0 Å².